The smallest absolute Gasteiger partial charge is 0.0888 e. The molecule has 1 fully saturated rings. The van der Waals surface area contributed by atoms with Crippen LogP contribution in [0.4, 0.5) is 0 Å². The Balaban J connectivity index is 1.81. The van der Waals surface area contributed by atoms with Crippen molar-refractivity contribution in [3.05, 3.63) is 17.5 Å². The van der Waals surface area contributed by atoms with E-state index in [4.69, 9.17) is 4.74 Å². The third-order valence-corrected chi connectivity index (χ3v) is 3.21. The summed E-state index contributed by atoms with van der Waals surface area (Å²) in [6, 6.07) is 2.05. The Bertz CT molecular complexity index is 341. The van der Waals surface area contributed by atoms with Crippen LogP contribution in [0.3, 0.4) is 0 Å². The van der Waals surface area contributed by atoms with Gasteiger partial charge < -0.3 is 9.84 Å². The average molecular weight is 224 g/mol. The van der Waals surface area contributed by atoms with Crippen molar-refractivity contribution in [1.82, 2.24) is 9.78 Å². The molecule has 1 aliphatic rings. The lowest BCUT2D eigenvalue weighted by atomic mass is 9.95. The summed E-state index contributed by atoms with van der Waals surface area (Å²) in [6.07, 6.45) is 3.87. The molecule has 0 aromatic carbocycles. The fraction of sp³-hybridized carbons (Fsp3) is 0.750. The summed E-state index contributed by atoms with van der Waals surface area (Å²) in [5.41, 5.74) is 2.14. The molecule has 1 saturated carbocycles. The van der Waals surface area contributed by atoms with Crippen molar-refractivity contribution in [2.75, 3.05) is 0 Å². The molecule has 0 saturated heterocycles. The maximum Gasteiger partial charge on any atom is 0.0888 e. The van der Waals surface area contributed by atoms with Gasteiger partial charge in [0, 0.05) is 7.05 Å². The van der Waals surface area contributed by atoms with E-state index in [1.165, 1.54) is 0 Å². The van der Waals surface area contributed by atoms with E-state index in [0.717, 1.165) is 37.1 Å². The molecule has 0 atom stereocenters. The van der Waals surface area contributed by atoms with Gasteiger partial charge in [0.2, 0.25) is 0 Å². The van der Waals surface area contributed by atoms with Gasteiger partial charge in [-0.1, -0.05) is 0 Å². The molecule has 0 spiro atoms. The lowest BCUT2D eigenvalue weighted by molar-refractivity contribution is -0.0139. The highest BCUT2D eigenvalue weighted by Crippen LogP contribution is 2.22. The first-order valence-corrected chi connectivity index (χ1v) is 5.94. The first kappa shape index (κ1) is 11.6. The Labute approximate surface area is 96.2 Å². The van der Waals surface area contributed by atoms with Gasteiger partial charge in [-0.15, -0.1) is 0 Å². The van der Waals surface area contributed by atoms with Crippen molar-refractivity contribution in [3.63, 3.8) is 0 Å². The van der Waals surface area contributed by atoms with Crippen LogP contribution in [0, 0.1) is 6.92 Å². The summed E-state index contributed by atoms with van der Waals surface area (Å²) in [5, 5.41) is 13.7. The summed E-state index contributed by atoms with van der Waals surface area (Å²) in [6.45, 7) is 2.61. The third kappa shape index (κ3) is 2.83. The Hall–Kier alpha value is -0.870. The monoisotopic (exact) mass is 224 g/mol. The second-order valence-electron chi connectivity index (χ2n) is 4.64. The molecule has 1 aromatic heterocycles. The van der Waals surface area contributed by atoms with Gasteiger partial charge in [0.15, 0.2) is 0 Å². The molecular formula is C12H20N2O2. The highest BCUT2D eigenvalue weighted by Gasteiger charge is 2.20. The first-order valence-electron chi connectivity index (χ1n) is 5.94. The minimum Gasteiger partial charge on any atom is -0.393 e. The SMILES string of the molecule is Cc1cc(COC2CCC(O)CC2)n(C)n1. The minimum absolute atomic E-state index is 0.112. The molecule has 1 N–H and O–H groups in total. The second kappa shape index (κ2) is 4.97. The Morgan fingerprint density at radius 2 is 2.12 bits per heavy atom. The van der Waals surface area contributed by atoms with Crippen molar-refractivity contribution < 1.29 is 9.84 Å². The van der Waals surface area contributed by atoms with Crippen molar-refractivity contribution in [1.29, 1.82) is 0 Å². The average Bonchev–Trinajstić information content (AvgIpc) is 2.57. The Morgan fingerprint density at radius 1 is 1.44 bits per heavy atom. The molecule has 16 heavy (non-hydrogen) atoms. The van der Waals surface area contributed by atoms with Crippen molar-refractivity contribution in [2.24, 2.45) is 7.05 Å². The molecule has 4 nitrogen and oxygen atoms in total. The van der Waals surface area contributed by atoms with Crippen molar-refractivity contribution in [3.8, 4) is 0 Å². The maximum atomic E-state index is 9.39. The van der Waals surface area contributed by atoms with E-state index >= 15 is 0 Å². The number of hydrogen-bond acceptors (Lipinski definition) is 3. The molecule has 2 rings (SSSR count). The van der Waals surface area contributed by atoms with Crippen LogP contribution in [-0.2, 0) is 18.4 Å². The number of aromatic nitrogens is 2. The zero-order chi connectivity index (χ0) is 11.5. The summed E-state index contributed by atoms with van der Waals surface area (Å²) < 4.78 is 7.71. The van der Waals surface area contributed by atoms with E-state index in [0.29, 0.717) is 12.7 Å². The molecule has 0 unspecified atom stereocenters. The zero-order valence-corrected chi connectivity index (χ0v) is 10.0. The molecule has 0 bridgehead atoms. The van der Waals surface area contributed by atoms with Crippen LogP contribution >= 0.6 is 0 Å². The summed E-state index contributed by atoms with van der Waals surface area (Å²) in [7, 11) is 1.94. The Morgan fingerprint density at radius 3 is 2.69 bits per heavy atom. The van der Waals surface area contributed by atoms with Crippen LogP contribution in [0.1, 0.15) is 37.1 Å². The van der Waals surface area contributed by atoms with Gasteiger partial charge in [0.05, 0.1) is 30.2 Å². The van der Waals surface area contributed by atoms with Crippen molar-refractivity contribution >= 4 is 0 Å². The topological polar surface area (TPSA) is 47.3 Å². The van der Waals surface area contributed by atoms with Crippen LogP contribution in [0.5, 0.6) is 0 Å². The van der Waals surface area contributed by atoms with Gasteiger partial charge in [-0.05, 0) is 38.7 Å². The number of nitrogens with zero attached hydrogens (tertiary/aromatic N) is 2. The van der Waals surface area contributed by atoms with E-state index in [1.807, 2.05) is 18.7 Å². The first-order chi connectivity index (χ1) is 7.65. The molecule has 90 valence electrons. The van der Waals surface area contributed by atoms with E-state index in [2.05, 4.69) is 11.2 Å². The highest BCUT2D eigenvalue weighted by molar-refractivity contribution is 5.07. The van der Waals surface area contributed by atoms with Crippen LogP contribution in [0.2, 0.25) is 0 Å². The number of hydrogen-bond donors (Lipinski definition) is 1. The fourth-order valence-corrected chi connectivity index (χ4v) is 2.21. The van der Waals surface area contributed by atoms with Gasteiger partial charge in [0.25, 0.3) is 0 Å². The lowest BCUT2D eigenvalue weighted by Gasteiger charge is -2.25. The van der Waals surface area contributed by atoms with Gasteiger partial charge in [-0.2, -0.15) is 5.10 Å². The molecule has 1 heterocycles. The predicted molar refractivity (Wildman–Crippen MR) is 61.0 cm³/mol. The largest absolute Gasteiger partial charge is 0.393 e. The molecule has 0 radical (unpaired) electrons. The van der Waals surface area contributed by atoms with Crippen LogP contribution in [-0.4, -0.2) is 27.1 Å². The van der Waals surface area contributed by atoms with Gasteiger partial charge in [-0.25, -0.2) is 0 Å². The zero-order valence-electron chi connectivity index (χ0n) is 10.0. The van der Waals surface area contributed by atoms with E-state index < -0.39 is 0 Å². The number of aryl methyl sites for hydroxylation is 2. The van der Waals surface area contributed by atoms with E-state index in [9.17, 15) is 5.11 Å². The van der Waals surface area contributed by atoms with Crippen LogP contribution in [0.25, 0.3) is 0 Å². The lowest BCUT2D eigenvalue weighted by Crippen LogP contribution is -2.24. The third-order valence-electron chi connectivity index (χ3n) is 3.21. The molecule has 0 amide bonds. The molecule has 1 aliphatic carbocycles. The number of aliphatic hydroxyl groups is 1. The second-order valence-corrected chi connectivity index (χ2v) is 4.64. The standard InChI is InChI=1S/C12H20N2O2/c1-9-7-10(14(2)13-9)8-16-12-5-3-11(15)4-6-12/h7,11-12,15H,3-6,8H2,1-2H3. The fourth-order valence-electron chi connectivity index (χ4n) is 2.21. The van der Waals surface area contributed by atoms with Gasteiger partial charge in [0.1, 0.15) is 0 Å². The summed E-state index contributed by atoms with van der Waals surface area (Å²) in [4.78, 5) is 0. The summed E-state index contributed by atoms with van der Waals surface area (Å²) in [5.74, 6) is 0. The molecule has 1 aromatic rings. The minimum atomic E-state index is -0.112. The quantitative estimate of drug-likeness (QED) is 0.847. The number of ether oxygens (including phenoxy) is 1. The van der Waals surface area contributed by atoms with Gasteiger partial charge in [-0.3, -0.25) is 4.68 Å². The molecule has 0 aliphatic heterocycles. The number of aliphatic hydroxyl groups excluding tert-OH is 1. The summed E-state index contributed by atoms with van der Waals surface area (Å²) >= 11 is 0. The maximum absolute atomic E-state index is 9.39. The van der Waals surface area contributed by atoms with Crippen LogP contribution < -0.4 is 0 Å². The van der Waals surface area contributed by atoms with Crippen molar-refractivity contribution in [2.45, 2.75) is 51.4 Å². The van der Waals surface area contributed by atoms with Crippen LogP contribution in [0.15, 0.2) is 6.07 Å². The number of rotatable bonds is 3. The van der Waals surface area contributed by atoms with E-state index in [1.54, 1.807) is 0 Å². The molecular weight excluding hydrogens is 204 g/mol. The Kier molecular flexibility index (Phi) is 3.61. The van der Waals surface area contributed by atoms with Gasteiger partial charge >= 0.3 is 0 Å². The van der Waals surface area contributed by atoms with E-state index in [-0.39, 0.29) is 6.10 Å². The normalized spacial score (nSPS) is 25.9. The highest BCUT2D eigenvalue weighted by atomic mass is 16.5. The molecule has 4 heteroatoms. The predicted octanol–water partition coefficient (Wildman–Crippen LogP) is 1.55.